The van der Waals surface area contributed by atoms with E-state index in [0.29, 0.717) is 0 Å². The molecule has 6 heteroatoms. The molecule has 2 rings (SSSR count). The van der Waals surface area contributed by atoms with E-state index in [2.05, 4.69) is 10.4 Å². The third kappa shape index (κ3) is 3.61. The molecule has 0 spiro atoms. The highest BCUT2D eigenvalue weighted by molar-refractivity contribution is 5.94. The van der Waals surface area contributed by atoms with Crippen molar-refractivity contribution in [2.24, 2.45) is 5.92 Å². The second kappa shape index (κ2) is 6.41. The summed E-state index contributed by atoms with van der Waals surface area (Å²) in [5, 5.41) is 26.1. The number of benzene rings is 1. The van der Waals surface area contributed by atoms with Crippen molar-refractivity contribution in [3.8, 4) is 11.4 Å². The molecule has 0 aliphatic carbocycles. The number of amides is 1. The maximum Gasteiger partial charge on any atom is 0.275 e. The summed E-state index contributed by atoms with van der Waals surface area (Å²) < 4.78 is 1.43. The van der Waals surface area contributed by atoms with Crippen molar-refractivity contribution in [3.63, 3.8) is 0 Å². The highest BCUT2D eigenvalue weighted by Crippen LogP contribution is 2.17. The van der Waals surface area contributed by atoms with Crippen LogP contribution in [0.3, 0.4) is 0 Å². The number of para-hydroxylation sites is 1. The first-order valence-electron chi connectivity index (χ1n) is 6.79. The molecule has 0 saturated heterocycles. The van der Waals surface area contributed by atoms with Crippen molar-refractivity contribution in [2.45, 2.75) is 20.0 Å². The van der Waals surface area contributed by atoms with E-state index in [-0.39, 0.29) is 23.9 Å². The van der Waals surface area contributed by atoms with E-state index in [4.69, 9.17) is 0 Å². The lowest BCUT2D eigenvalue weighted by atomic mass is 10.1. The highest BCUT2D eigenvalue weighted by Gasteiger charge is 2.18. The molecular formula is C15H19N3O3. The molecule has 0 bridgehead atoms. The number of aromatic nitrogens is 2. The van der Waals surface area contributed by atoms with Gasteiger partial charge >= 0.3 is 0 Å². The van der Waals surface area contributed by atoms with E-state index < -0.39 is 12.0 Å². The quantitative estimate of drug-likeness (QED) is 0.775. The molecule has 1 amide bonds. The number of nitrogens with one attached hydrogen (secondary N) is 1. The van der Waals surface area contributed by atoms with Gasteiger partial charge in [0.1, 0.15) is 0 Å². The minimum atomic E-state index is -0.632. The van der Waals surface area contributed by atoms with Gasteiger partial charge in [-0.3, -0.25) is 4.79 Å². The van der Waals surface area contributed by atoms with Gasteiger partial charge in [0.25, 0.3) is 5.91 Å². The number of carbonyl (C=O) groups excluding carboxylic acids is 1. The van der Waals surface area contributed by atoms with Crippen LogP contribution in [0.4, 0.5) is 0 Å². The molecule has 0 aliphatic rings. The number of aliphatic hydroxyl groups excluding tert-OH is 1. The molecule has 3 N–H and O–H groups in total. The molecular weight excluding hydrogens is 270 g/mol. The van der Waals surface area contributed by atoms with Gasteiger partial charge in [0.15, 0.2) is 11.4 Å². The van der Waals surface area contributed by atoms with E-state index in [9.17, 15) is 15.0 Å². The number of rotatable bonds is 5. The first kappa shape index (κ1) is 15.1. The lowest BCUT2D eigenvalue weighted by molar-refractivity contribution is 0.0864. The van der Waals surface area contributed by atoms with Gasteiger partial charge in [0.05, 0.1) is 18.0 Å². The Morgan fingerprint density at radius 3 is 2.62 bits per heavy atom. The fourth-order valence-corrected chi connectivity index (χ4v) is 1.76. The lowest BCUT2D eigenvalue weighted by Crippen LogP contribution is -2.35. The first-order valence-corrected chi connectivity index (χ1v) is 6.79. The Kier molecular flexibility index (Phi) is 4.59. The summed E-state index contributed by atoms with van der Waals surface area (Å²) in [6.45, 7) is 3.84. The minimum absolute atomic E-state index is 0.0424. The van der Waals surface area contributed by atoms with Gasteiger partial charge in [0, 0.05) is 6.54 Å². The molecule has 0 saturated carbocycles. The summed E-state index contributed by atoms with van der Waals surface area (Å²) in [4.78, 5) is 12.0. The Morgan fingerprint density at radius 2 is 2.00 bits per heavy atom. The topological polar surface area (TPSA) is 87.4 Å². The summed E-state index contributed by atoms with van der Waals surface area (Å²) in [7, 11) is 0. The molecule has 1 aromatic carbocycles. The van der Waals surface area contributed by atoms with Crippen LogP contribution < -0.4 is 5.32 Å². The van der Waals surface area contributed by atoms with E-state index in [1.807, 2.05) is 44.2 Å². The van der Waals surface area contributed by atoms with Gasteiger partial charge in [-0.25, -0.2) is 4.68 Å². The van der Waals surface area contributed by atoms with Crippen molar-refractivity contribution in [3.05, 3.63) is 42.2 Å². The molecule has 2 aromatic rings. The zero-order chi connectivity index (χ0) is 15.4. The molecule has 0 fully saturated rings. The Balaban J connectivity index is 2.10. The molecule has 0 radical (unpaired) electrons. The third-order valence-electron chi connectivity index (χ3n) is 3.17. The predicted octanol–water partition coefficient (Wildman–Crippen LogP) is 1.32. The van der Waals surface area contributed by atoms with Gasteiger partial charge in [0.2, 0.25) is 0 Å². The molecule has 21 heavy (non-hydrogen) atoms. The van der Waals surface area contributed by atoms with Crippen LogP contribution in [0.25, 0.3) is 5.69 Å². The van der Waals surface area contributed by atoms with E-state index >= 15 is 0 Å². The number of nitrogens with zero attached hydrogens (tertiary/aromatic N) is 2. The van der Waals surface area contributed by atoms with Crippen LogP contribution >= 0.6 is 0 Å². The Hall–Kier alpha value is -2.34. The Morgan fingerprint density at radius 1 is 1.33 bits per heavy atom. The van der Waals surface area contributed by atoms with Crippen LogP contribution in [0.2, 0.25) is 0 Å². The second-order valence-corrected chi connectivity index (χ2v) is 5.16. The zero-order valence-corrected chi connectivity index (χ0v) is 12.0. The summed E-state index contributed by atoms with van der Waals surface area (Å²) in [5.74, 6) is -0.668. The standard InChI is InChI=1S/C15H19N3O3/c1-10(2)12(19)8-16-15(21)14-13(20)9-18(17-14)11-6-4-3-5-7-11/h3-7,9-10,12,19-20H,8H2,1-2H3,(H,16,21). The van der Waals surface area contributed by atoms with Crippen LogP contribution in [0, 0.1) is 5.92 Å². The summed E-state index contributed by atoms with van der Waals surface area (Å²) >= 11 is 0. The minimum Gasteiger partial charge on any atom is -0.504 e. The third-order valence-corrected chi connectivity index (χ3v) is 3.17. The second-order valence-electron chi connectivity index (χ2n) is 5.16. The number of aliphatic hydroxyl groups is 1. The van der Waals surface area contributed by atoms with Gasteiger partial charge in [-0.05, 0) is 18.1 Å². The van der Waals surface area contributed by atoms with Gasteiger partial charge < -0.3 is 15.5 Å². The Bertz CT molecular complexity index is 608. The average molecular weight is 289 g/mol. The molecule has 1 atom stereocenters. The Labute approximate surface area is 123 Å². The van der Waals surface area contributed by atoms with Crippen molar-refractivity contribution >= 4 is 5.91 Å². The van der Waals surface area contributed by atoms with E-state index in [1.54, 1.807) is 0 Å². The monoisotopic (exact) mass is 289 g/mol. The van der Waals surface area contributed by atoms with Crippen molar-refractivity contribution < 1.29 is 15.0 Å². The average Bonchev–Trinajstić information content (AvgIpc) is 2.87. The van der Waals surface area contributed by atoms with Gasteiger partial charge in [-0.1, -0.05) is 32.0 Å². The molecule has 6 nitrogen and oxygen atoms in total. The number of hydrogen-bond donors (Lipinski definition) is 3. The van der Waals surface area contributed by atoms with Crippen LogP contribution in [-0.2, 0) is 0 Å². The number of hydrogen-bond acceptors (Lipinski definition) is 4. The van der Waals surface area contributed by atoms with Crippen molar-refractivity contribution in [1.29, 1.82) is 0 Å². The number of aromatic hydroxyl groups is 1. The largest absolute Gasteiger partial charge is 0.504 e. The SMILES string of the molecule is CC(C)C(O)CNC(=O)c1nn(-c2ccccc2)cc1O. The van der Waals surface area contributed by atoms with Crippen LogP contribution in [-0.4, -0.2) is 38.5 Å². The zero-order valence-electron chi connectivity index (χ0n) is 12.0. The molecule has 1 heterocycles. The van der Waals surface area contributed by atoms with E-state index in [1.165, 1.54) is 10.9 Å². The molecule has 112 valence electrons. The lowest BCUT2D eigenvalue weighted by Gasteiger charge is -2.14. The first-order chi connectivity index (χ1) is 9.99. The summed E-state index contributed by atoms with van der Waals surface area (Å²) in [6.07, 6.45) is 0.746. The molecule has 1 unspecified atom stereocenters. The fraction of sp³-hybridized carbons (Fsp3) is 0.333. The van der Waals surface area contributed by atoms with Crippen molar-refractivity contribution in [1.82, 2.24) is 15.1 Å². The maximum atomic E-state index is 12.0. The van der Waals surface area contributed by atoms with Crippen molar-refractivity contribution in [2.75, 3.05) is 6.54 Å². The number of carbonyl (C=O) groups is 1. The summed E-state index contributed by atoms with van der Waals surface area (Å²) in [6, 6.07) is 9.18. The molecule has 1 aromatic heterocycles. The van der Waals surface area contributed by atoms with Gasteiger partial charge in [-0.2, -0.15) is 5.10 Å². The smallest absolute Gasteiger partial charge is 0.275 e. The van der Waals surface area contributed by atoms with Crippen LogP contribution in [0.1, 0.15) is 24.3 Å². The predicted molar refractivity (Wildman–Crippen MR) is 78.4 cm³/mol. The highest BCUT2D eigenvalue weighted by atomic mass is 16.3. The van der Waals surface area contributed by atoms with Crippen LogP contribution in [0.5, 0.6) is 5.75 Å². The van der Waals surface area contributed by atoms with Crippen LogP contribution in [0.15, 0.2) is 36.5 Å². The van der Waals surface area contributed by atoms with Gasteiger partial charge in [-0.15, -0.1) is 0 Å². The normalized spacial score (nSPS) is 12.4. The maximum absolute atomic E-state index is 12.0. The molecule has 0 aliphatic heterocycles. The van der Waals surface area contributed by atoms with E-state index in [0.717, 1.165) is 5.69 Å². The summed E-state index contributed by atoms with van der Waals surface area (Å²) in [5.41, 5.74) is 0.684. The fourth-order valence-electron chi connectivity index (χ4n) is 1.76.